The Kier molecular flexibility index (Phi) is 7.56. The highest BCUT2D eigenvalue weighted by molar-refractivity contribution is 6.30. The minimum Gasteiger partial charge on any atom is -0.353 e. The third kappa shape index (κ3) is 5.32. The zero-order valence-corrected chi connectivity index (χ0v) is 21.8. The maximum Gasteiger partial charge on any atom is 0.231 e. The number of benzene rings is 1. The van der Waals surface area contributed by atoms with E-state index in [0.29, 0.717) is 10.9 Å². The lowest BCUT2D eigenvalue weighted by Gasteiger charge is -2.40. The van der Waals surface area contributed by atoms with Gasteiger partial charge in [-0.3, -0.25) is 9.69 Å². The summed E-state index contributed by atoms with van der Waals surface area (Å²) >= 11 is 6.17. The molecule has 188 valence electrons. The molecule has 3 heterocycles. The first-order valence-corrected chi connectivity index (χ1v) is 13.5. The molecule has 1 amide bonds. The number of hydrogen-bond donors (Lipinski definition) is 0. The lowest BCUT2D eigenvalue weighted by atomic mass is 9.96. The van der Waals surface area contributed by atoms with Gasteiger partial charge in [0.1, 0.15) is 12.1 Å². The summed E-state index contributed by atoms with van der Waals surface area (Å²) in [4.78, 5) is 32.4. The Labute approximate surface area is 214 Å². The zero-order chi connectivity index (χ0) is 24.4. The van der Waals surface area contributed by atoms with E-state index in [1.54, 1.807) is 6.33 Å². The lowest BCUT2D eigenvalue weighted by Crippen LogP contribution is -2.53. The Balaban J connectivity index is 1.28. The van der Waals surface area contributed by atoms with Gasteiger partial charge in [0.2, 0.25) is 5.91 Å². The topological polar surface area (TPSA) is 55.8 Å². The summed E-state index contributed by atoms with van der Waals surface area (Å²) in [6, 6.07) is 7.85. The Morgan fingerprint density at radius 3 is 2.37 bits per heavy atom. The van der Waals surface area contributed by atoms with E-state index in [-0.39, 0.29) is 11.8 Å². The van der Waals surface area contributed by atoms with Crippen LogP contribution < -0.4 is 4.90 Å². The molecule has 2 fully saturated rings. The molecule has 35 heavy (non-hydrogen) atoms. The van der Waals surface area contributed by atoms with Crippen LogP contribution in [0.4, 0.5) is 5.82 Å². The van der Waals surface area contributed by atoms with Gasteiger partial charge in [0.05, 0.1) is 5.92 Å². The number of nitrogens with zero attached hydrogens (tertiary/aromatic N) is 6. The number of fused-ring (bicyclic) bond motifs is 1. The molecule has 2 atom stereocenters. The summed E-state index contributed by atoms with van der Waals surface area (Å²) in [7, 11) is 0. The zero-order valence-electron chi connectivity index (χ0n) is 21.0. The van der Waals surface area contributed by atoms with E-state index in [9.17, 15) is 4.79 Å². The molecule has 8 heteroatoms. The van der Waals surface area contributed by atoms with Crippen LogP contribution in [-0.2, 0) is 11.2 Å². The molecule has 0 unspecified atom stereocenters. The van der Waals surface area contributed by atoms with Gasteiger partial charge in [-0.25, -0.2) is 9.97 Å². The molecule has 1 aromatic carbocycles. The van der Waals surface area contributed by atoms with Crippen LogP contribution in [0.15, 0.2) is 30.6 Å². The fraction of sp³-hybridized carbons (Fsp3) is 0.593. The van der Waals surface area contributed by atoms with Crippen LogP contribution >= 0.6 is 11.6 Å². The first kappa shape index (κ1) is 24.5. The van der Waals surface area contributed by atoms with Crippen LogP contribution in [0.2, 0.25) is 5.02 Å². The summed E-state index contributed by atoms with van der Waals surface area (Å²) in [6.07, 6.45) is 3.90. The van der Waals surface area contributed by atoms with Gasteiger partial charge >= 0.3 is 0 Å². The summed E-state index contributed by atoms with van der Waals surface area (Å²) in [5, 5.41) is 0.705. The van der Waals surface area contributed by atoms with Crippen molar-refractivity contribution in [3.63, 3.8) is 0 Å². The molecule has 3 aliphatic rings. The fourth-order valence-electron chi connectivity index (χ4n) is 5.80. The predicted molar refractivity (Wildman–Crippen MR) is 140 cm³/mol. The van der Waals surface area contributed by atoms with Crippen LogP contribution in [0.3, 0.4) is 0 Å². The van der Waals surface area contributed by atoms with Crippen molar-refractivity contribution in [1.82, 2.24) is 24.7 Å². The smallest absolute Gasteiger partial charge is 0.231 e. The highest BCUT2D eigenvalue weighted by Crippen LogP contribution is 2.37. The van der Waals surface area contributed by atoms with Crippen molar-refractivity contribution in [2.24, 2.45) is 0 Å². The summed E-state index contributed by atoms with van der Waals surface area (Å²) in [6.45, 7) is 13.6. The molecule has 0 radical (unpaired) electrons. The van der Waals surface area contributed by atoms with Crippen LogP contribution in [0.1, 0.15) is 48.9 Å². The van der Waals surface area contributed by atoms with E-state index >= 15 is 0 Å². The minimum absolute atomic E-state index is 0.171. The van der Waals surface area contributed by atoms with E-state index in [1.165, 1.54) is 11.3 Å². The summed E-state index contributed by atoms with van der Waals surface area (Å²) in [5.41, 5.74) is 3.58. The lowest BCUT2D eigenvalue weighted by molar-refractivity contribution is -0.133. The van der Waals surface area contributed by atoms with Crippen molar-refractivity contribution in [3.05, 3.63) is 52.4 Å². The van der Waals surface area contributed by atoms with Crippen molar-refractivity contribution in [1.29, 1.82) is 0 Å². The third-order valence-electron chi connectivity index (χ3n) is 8.07. The number of carbonyl (C=O) groups excluding carboxylic acids is 1. The first-order chi connectivity index (χ1) is 17.0. The van der Waals surface area contributed by atoms with Gasteiger partial charge in [-0.1, -0.05) is 37.6 Å². The highest BCUT2D eigenvalue weighted by atomic mass is 35.5. The largest absolute Gasteiger partial charge is 0.353 e. The maximum atomic E-state index is 13.9. The number of anilines is 1. The van der Waals surface area contributed by atoms with Crippen LogP contribution in [0.5, 0.6) is 0 Å². The van der Waals surface area contributed by atoms with Gasteiger partial charge in [-0.05, 0) is 43.0 Å². The SMILES string of the molecule is CCN1CCN(C[C@@H](C(=O)N2CCN(c3ncnc4c3[C@H](C)CC4)CC2)c2ccc(Cl)cc2)CC1. The number of aryl methyl sites for hydroxylation is 1. The molecule has 2 saturated heterocycles. The van der Waals surface area contributed by atoms with Gasteiger partial charge in [-0.15, -0.1) is 0 Å². The molecule has 0 saturated carbocycles. The normalized spacial score (nSPS) is 22.3. The van der Waals surface area contributed by atoms with E-state index in [2.05, 4.69) is 43.4 Å². The Morgan fingerprint density at radius 1 is 1.00 bits per heavy atom. The molecule has 2 aromatic rings. The molecular weight excluding hydrogens is 460 g/mol. The fourth-order valence-corrected chi connectivity index (χ4v) is 5.93. The number of rotatable bonds is 6. The third-order valence-corrected chi connectivity index (χ3v) is 8.32. The molecule has 5 rings (SSSR count). The summed E-state index contributed by atoms with van der Waals surface area (Å²) in [5.74, 6) is 1.64. The van der Waals surface area contributed by atoms with Crippen molar-refractivity contribution < 1.29 is 4.79 Å². The number of likely N-dealkylation sites (N-methyl/N-ethyl adjacent to an activating group) is 1. The van der Waals surface area contributed by atoms with Crippen molar-refractivity contribution in [2.45, 2.75) is 38.5 Å². The van der Waals surface area contributed by atoms with E-state index in [1.807, 2.05) is 24.3 Å². The molecular formula is C27H37ClN6O. The Morgan fingerprint density at radius 2 is 1.69 bits per heavy atom. The molecule has 2 aliphatic heterocycles. The Bertz CT molecular complexity index is 1010. The number of halogens is 1. The van der Waals surface area contributed by atoms with Crippen molar-refractivity contribution in [3.8, 4) is 0 Å². The number of aromatic nitrogens is 2. The van der Waals surface area contributed by atoms with E-state index in [4.69, 9.17) is 11.6 Å². The second kappa shape index (κ2) is 10.8. The van der Waals surface area contributed by atoms with Crippen LogP contribution in [0.25, 0.3) is 0 Å². The van der Waals surface area contributed by atoms with Gasteiger partial charge in [-0.2, -0.15) is 0 Å². The Hall–Kier alpha value is -2.22. The second-order valence-electron chi connectivity index (χ2n) is 10.1. The molecule has 0 N–H and O–H groups in total. The molecule has 0 spiro atoms. The van der Waals surface area contributed by atoms with Crippen LogP contribution in [0, 0.1) is 0 Å². The molecule has 7 nitrogen and oxygen atoms in total. The second-order valence-corrected chi connectivity index (χ2v) is 10.6. The van der Waals surface area contributed by atoms with Gasteiger partial charge in [0.15, 0.2) is 0 Å². The van der Waals surface area contributed by atoms with Gasteiger partial charge in [0.25, 0.3) is 0 Å². The van der Waals surface area contributed by atoms with Gasteiger partial charge < -0.3 is 14.7 Å². The standard InChI is InChI=1S/C27H37ClN6O/c1-3-31-10-12-32(13-11-31)18-23(21-5-7-22(28)8-6-21)27(35)34-16-14-33(15-17-34)26-25-20(2)4-9-24(25)29-19-30-26/h5-8,19-20,23H,3-4,9-18H2,1-2H3/t20-,23-/m1/s1. The minimum atomic E-state index is -0.171. The predicted octanol–water partition coefficient (Wildman–Crippen LogP) is 3.25. The highest BCUT2D eigenvalue weighted by Gasteiger charge is 2.33. The van der Waals surface area contributed by atoms with Gasteiger partial charge in [0, 0.05) is 75.2 Å². The first-order valence-electron chi connectivity index (χ1n) is 13.1. The number of carbonyl (C=O) groups is 1. The summed E-state index contributed by atoms with van der Waals surface area (Å²) < 4.78 is 0. The number of hydrogen-bond acceptors (Lipinski definition) is 6. The number of piperazine rings is 2. The number of amides is 1. The van der Waals surface area contributed by atoms with Crippen molar-refractivity contribution in [2.75, 3.05) is 70.3 Å². The van der Waals surface area contributed by atoms with Crippen molar-refractivity contribution >= 4 is 23.3 Å². The van der Waals surface area contributed by atoms with E-state index in [0.717, 1.165) is 89.7 Å². The monoisotopic (exact) mass is 496 g/mol. The van der Waals surface area contributed by atoms with Crippen LogP contribution in [-0.4, -0.2) is 96.0 Å². The maximum absolute atomic E-state index is 13.9. The molecule has 1 aromatic heterocycles. The van der Waals surface area contributed by atoms with E-state index < -0.39 is 0 Å². The molecule has 1 aliphatic carbocycles. The average Bonchev–Trinajstić information content (AvgIpc) is 3.29. The quantitative estimate of drug-likeness (QED) is 0.612. The molecule has 0 bridgehead atoms. The average molecular weight is 497 g/mol.